The van der Waals surface area contributed by atoms with Crippen LogP contribution in [0.1, 0.15) is 11.1 Å². The Morgan fingerprint density at radius 1 is 0.900 bits per heavy atom. The Kier molecular flexibility index (Phi) is 6.21. The van der Waals surface area contributed by atoms with E-state index in [9.17, 15) is 5.11 Å². The largest absolute Gasteiger partial charge is 0.392 e. The first kappa shape index (κ1) is 20.3. The SMILES string of the molecule is CN(C)Cc1cccc(-c2cnc(N3CCN(c4ncccc4CO)CC3)nc2)c1. The monoisotopic (exact) mass is 404 g/mol. The molecule has 1 fully saturated rings. The van der Waals surface area contributed by atoms with Gasteiger partial charge in [-0.25, -0.2) is 15.0 Å². The number of hydrogen-bond donors (Lipinski definition) is 1. The van der Waals surface area contributed by atoms with E-state index in [4.69, 9.17) is 0 Å². The Bertz CT molecular complexity index is 967. The van der Waals surface area contributed by atoms with Gasteiger partial charge in [-0.1, -0.05) is 24.3 Å². The maximum absolute atomic E-state index is 9.56. The van der Waals surface area contributed by atoms with Crippen molar-refractivity contribution in [2.75, 3.05) is 50.1 Å². The van der Waals surface area contributed by atoms with Crippen LogP contribution in [0.25, 0.3) is 11.1 Å². The molecule has 0 radical (unpaired) electrons. The maximum atomic E-state index is 9.56. The van der Waals surface area contributed by atoms with E-state index in [2.05, 4.69) is 68.0 Å². The highest BCUT2D eigenvalue weighted by molar-refractivity contribution is 5.63. The summed E-state index contributed by atoms with van der Waals surface area (Å²) < 4.78 is 0. The number of benzene rings is 1. The molecule has 1 aromatic carbocycles. The maximum Gasteiger partial charge on any atom is 0.225 e. The third-order valence-electron chi connectivity index (χ3n) is 5.30. The van der Waals surface area contributed by atoms with Crippen LogP contribution in [-0.2, 0) is 13.2 Å². The third-order valence-corrected chi connectivity index (χ3v) is 5.30. The van der Waals surface area contributed by atoms with Gasteiger partial charge in [0.15, 0.2) is 0 Å². The van der Waals surface area contributed by atoms with Crippen LogP contribution in [0.4, 0.5) is 11.8 Å². The molecule has 7 nitrogen and oxygen atoms in total. The summed E-state index contributed by atoms with van der Waals surface area (Å²) >= 11 is 0. The number of rotatable bonds is 6. The Balaban J connectivity index is 1.42. The van der Waals surface area contributed by atoms with Crippen LogP contribution >= 0.6 is 0 Å². The van der Waals surface area contributed by atoms with Gasteiger partial charge in [0.1, 0.15) is 5.82 Å². The Labute approximate surface area is 177 Å². The number of aromatic nitrogens is 3. The van der Waals surface area contributed by atoms with Crippen molar-refractivity contribution < 1.29 is 5.11 Å². The third kappa shape index (κ3) is 4.58. The standard InChI is InChI=1S/C23H28N6O/c1-27(2)16-18-5-3-6-19(13-18)21-14-25-23(26-15-21)29-11-9-28(10-12-29)22-20(17-30)7-4-8-24-22/h3-8,13-15,30H,9-12,16-17H2,1-2H3. The van der Waals surface area contributed by atoms with Gasteiger partial charge < -0.3 is 19.8 Å². The van der Waals surface area contributed by atoms with E-state index >= 15 is 0 Å². The first-order valence-electron chi connectivity index (χ1n) is 10.2. The molecule has 0 atom stereocenters. The summed E-state index contributed by atoms with van der Waals surface area (Å²) in [7, 11) is 4.14. The lowest BCUT2D eigenvalue weighted by atomic mass is 10.1. The molecule has 0 bridgehead atoms. The highest BCUT2D eigenvalue weighted by Crippen LogP contribution is 2.23. The Hall–Kier alpha value is -3.03. The van der Waals surface area contributed by atoms with Crippen molar-refractivity contribution in [3.8, 4) is 11.1 Å². The average Bonchev–Trinajstić information content (AvgIpc) is 2.79. The average molecular weight is 405 g/mol. The molecule has 1 aliphatic heterocycles. The summed E-state index contributed by atoms with van der Waals surface area (Å²) in [6, 6.07) is 12.3. The summed E-state index contributed by atoms with van der Waals surface area (Å²) in [6.45, 7) is 4.19. The molecule has 0 aliphatic carbocycles. The molecule has 4 rings (SSSR count). The first-order valence-corrected chi connectivity index (χ1v) is 10.2. The molecule has 0 unspecified atom stereocenters. The number of aliphatic hydroxyl groups is 1. The Morgan fingerprint density at radius 2 is 1.63 bits per heavy atom. The number of piperazine rings is 1. The Morgan fingerprint density at radius 3 is 2.33 bits per heavy atom. The van der Waals surface area contributed by atoms with Crippen LogP contribution < -0.4 is 9.80 Å². The van der Waals surface area contributed by atoms with Crippen molar-refractivity contribution in [2.45, 2.75) is 13.2 Å². The lowest BCUT2D eigenvalue weighted by Crippen LogP contribution is -2.47. The van der Waals surface area contributed by atoms with Gasteiger partial charge >= 0.3 is 0 Å². The molecule has 2 aromatic heterocycles. The second kappa shape index (κ2) is 9.19. The molecule has 1 N–H and O–H groups in total. The predicted molar refractivity (Wildman–Crippen MR) is 119 cm³/mol. The van der Waals surface area contributed by atoms with Gasteiger partial charge in [0.2, 0.25) is 5.95 Å². The van der Waals surface area contributed by atoms with Crippen molar-refractivity contribution in [3.63, 3.8) is 0 Å². The summed E-state index contributed by atoms with van der Waals surface area (Å²) in [5.74, 6) is 1.62. The molecule has 0 saturated carbocycles. The highest BCUT2D eigenvalue weighted by atomic mass is 16.3. The first-order chi connectivity index (χ1) is 14.6. The zero-order chi connectivity index (χ0) is 20.9. The summed E-state index contributed by atoms with van der Waals surface area (Å²) in [4.78, 5) is 20.3. The van der Waals surface area contributed by atoms with Crippen molar-refractivity contribution in [3.05, 3.63) is 66.1 Å². The molecule has 3 heterocycles. The van der Waals surface area contributed by atoms with Crippen LogP contribution in [0.15, 0.2) is 55.0 Å². The molecule has 7 heteroatoms. The summed E-state index contributed by atoms with van der Waals surface area (Å²) in [5, 5.41) is 9.56. The van der Waals surface area contributed by atoms with Gasteiger partial charge in [-0.2, -0.15) is 0 Å². The fourth-order valence-corrected chi connectivity index (χ4v) is 3.80. The van der Waals surface area contributed by atoms with E-state index in [-0.39, 0.29) is 6.61 Å². The van der Waals surface area contributed by atoms with Gasteiger partial charge in [0, 0.05) is 62.4 Å². The molecule has 0 amide bonds. The molecule has 1 saturated heterocycles. The minimum atomic E-state index is 0.00368. The van der Waals surface area contributed by atoms with E-state index in [0.29, 0.717) is 0 Å². The lowest BCUT2D eigenvalue weighted by molar-refractivity contribution is 0.281. The predicted octanol–water partition coefficient (Wildman–Crippen LogP) is 2.42. The fourth-order valence-electron chi connectivity index (χ4n) is 3.80. The number of pyridine rings is 1. The van der Waals surface area contributed by atoms with Crippen molar-refractivity contribution in [2.24, 2.45) is 0 Å². The van der Waals surface area contributed by atoms with E-state index in [1.807, 2.05) is 24.5 Å². The molecule has 156 valence electrons. The van der Waals surface area contributed by atoms with Gasteiger partial charge in [-0.3, -0.25) is 0 Å². The highest BCUT2D eigenvalue weighted by Gasteiger charge is 2.21. The van der Waals surface area contributed by atoms with Gasteiger partial charge in [-0.15, -0.1) is 0 Å². The lowest BCUT2D eigenvalue weighted by Gasteiger charge is -2.36. The van der Waals surface area contributed by atoms with Crippen LogP contribution in [-0.4, -0.2) is 65.2 Å². The smallest absolute Gasteiger partial charge is 0.225 e. The minimum Gasteiger partial charge on any atom is -0.392 e. The minimum absolute atomic E-state index is 0.00368. The normalized spacial score (nSPS) is 14.4. The summed E-state index contributed by atoms with van der Waals surface area (Å²) in [5.41, 5.74) is 4.30. The fraction of sp³-hybridized carbons (Fsp3) is 0.348. The van der Waals surface area contributed by atoms with E-state index < -0.39 is 0 Å². The second-order valence-corrected chi connectivity index (χ2v) is 7.83. The zero-order valence-electron chi connectivity index (χ0n) is 17.6. The number of nitrogens with zero attached hydrogens (tertiary/aromatic N) is 6. The molecular weight excluding hydrogens is 376 g/mol. The quantitative estimate of drug-likeness (QED) is 0.677. The zero-order valence-corrected chi connectivity index (χ0v) is 17.6. The van der Waals surface area contributed by atoms with E-state index in [1.54, 1.807) is 6.20 Å². The van der Waals surface area contributed by atoms with Gasteiger partial charge in [0.25, 0.3) is 0 Å². The second-order valence-electron chi connectivity index (χ2n) is 7.83. The molecule has 1 aliphatic rings. The van der Waals surface area contributed by atoms with E-state index in [1.165, 1.54) is 5.56 Å². The van der Waals surface area contributed by atoms with Gasteiger partial charge in [-0.05, 0) is 37.4 Å². The number of aliphatic hydroxyl groups excluding tert-OH is 1. The topological polar surface area (TPSA) is 68.6 Å². The molecular formula is C23H28N6O. The molecule has 0 spiro atoms. The van der Waals surface area contributed by atoms with Crippen molar-refractivity contribution in [1.29, 1.82) is 0 Å². The van der Waals surface area contributed by atoms with Gasteiger partial charge in [0.05, 0.1) is 6.61 Å². The number of anilines is 2. The van der Waals surface area contributed by atoms with Crippen LogP contribution in [0.2, 0.25) is 0 Å². The summed E-state index contributed by atoms with van der Waals surface area (Å²) in [6.07, 6.45) is 5.59. The van der Waals surface area contributed by atoms with Crippen LogP contribution in [0, 0.1) is 0 Å². The van der Waals surface area contributed by atoms with E-state index in [0.717, 1.165) is 61.2 Å². The van der Waals surface area contributed by atoms with Crippen LogP contribution in [0.5, 0.6) is 0 Å². The molecule has 30 heavy (non-hydrogen) atoms. The van der Waals surface area contributed by atoms with Crippen molar-refractivity contribution >= 4 is 11.8 Å². The number of hydrogen-bond acceptors (Lipinski definition) is 7. The van der Waals surface area contributed by atoms with Crippen LogP contribution in [0.3, 0.4) is 0 Å². The van der Waals surface area contributed by atoms with Crippen molar-refractivity contribution in [1.82, 2.24) is 19.9 Å². The molecule has 3 aromatic rings.